The average molecular weight is 365 g/mol. The third-order valence-electron chi connectivity index (χ3n) is 0. The van der Waals surface area contributed by atoms with E-state index < -0.39 is 0 Å². The van der Waals surface area contributed by atoms with Crippen LogP contribution in [0.25, 0.3) is 0 Å². The van der Waals surface area contributed by atoms with Crippen LogP contribution >= 0.6 is 23.4 Å². The summed E-state index contributed by atoms with van der Waals surface area (Å²) in [5, 5.41) is 0. The van der Waals surface area contributed by atoms with Gasteiger partial charge in [-0.15, -0.1) is 0 Å². The van der Waals surface area contributed by atoms with Crippen LogP contribution in [0.3, 0.4) is 0 Å². The molecule has 0 bridgehead atoms. The Kier molecular flexibility index (Phi) is 1180. The molecule has 0 aromatic carbocycles. The van der Waals surface area contributed by atoms with E-state index >= 15 is 0 Å². The Hall–Kier alpha value is 3.23. The summed E-state index contributed by atoms with van der Waals surface area (Å²) in [6.07, 6.45) is 0. The molecule has 0 aliphatic rings. The second kappa shape index (κ2) is 83.5. The van der Waals surface area contributed by atoms with Gasteiger partial charge in [0.15, 0.2) is 0 Å². The molecule has 0 N–H and O–H groups in total. The second-order valence-electron chi connectivity index (χ2n) is 0. The van der Waals surface area contributed by atoms with Crippen LogP contribution in [0.4, 0.5) is 0 Å². The molecule has 0 aromatic rings. The monoisotopic (exact) mass is 366 g/mol. The molecule has 0 unspecified atom stereocenters. The molecule has 0 aliphatic heterocycles. The Balaban J connectivity index is 0. The van der Waals surface area contributed by atoms with Crippen LogP contribution in [0.15, 0.2) is 0 Å². The van der Waals surface area contributed by atoms with Gasteiger partial charge in [0.25, 0.3) is 0 Å². The van der Waals surface area contributed by atoms with Crippen LogP contribution in [0.1, 0.15) is 0 Å². The Morgan fingerprint density at radius 3 is 1.00 bits per heavy atom. The van der Waals surface area contributed by atoms with Crippen LogP contribution in [0.5, 0.6) is 0 Å². The van der Waals surface area contributed by atoms with Crippen molar-refractivity contribution < 1.29 is 72.0 Å². The molecule has 7 heteroatoms. The zero-order valence-corrected chi connectivity index (χ0v) is 11.5. The molecule has 0 rings (SSSR count). The summed E-state index contributed by atoms with van der Waals surface area (Å²) in [6, 6.07) is 0. The fourth-order valence-electron chi connectivity index (χ4n) is 0. The van der Waals surface area contributed by atoms with Gasteiger partial charge in [-0.05, 0) is 0 Å². The molecule has 48 valence electrons. The normalized spacial score (nSPS) is 0. The Morgan fingerprint density at radius 2 is 1.00 bits per heavy atom. The van der Waals surface area contributed by atoms with E-state index in [0.717, 1.165) is 0 Å². The standard InChI is InChI=1S/C.Cr.Mn.Mo.Ni.P.S.Si. The second-order valence-corrected chi connectivity index (χ2v) is 0. The van der Waals surface area contributed by atoms with Gasteiger partial charge in [-0.1, -0.05) is 0 Å². The summed E-state index contributed by atoms with van der Waals surface area (Å²) in [5.41, 5.74) is 0. The molecule has 0 amide bonds. The summed E-state index contributed by atoms with van der Waals surface area (Å²) in [5.74, 6) is 0. The maximum absolute atomic E-state index is 0. The molecular formula is CCrMnMoNiPSSi. The van der Waals surface area contributed by atoms with Gasteiger partial charge in [0, 0.05) is 114 Å². The van der Waals surface area contributed by atoms with E-state index in [0.29, 0.717) is 0 Å². The van der Waals surface area contributed by atoms with E-state index in [9.17, 15) is 0 Å². The summed E-state index contributed by atoms with van der Waals surface area (Å²) in [6.45, 7) is 0. The third-order valence-corrected chi connectivity index (χ3v) is 0. The third kappa shape index (κ3) is 59.9. The van der Waals surface area contributed by atoms with Crippen molar-refractivity contribution in [2.45, 2.75) is 0 Å². The average Bonchev–Trinajstić information content (AvgIpc) is 0. The number of rotatable bonds is 0. The van der Waals surface area contributed by atoms with Crippen molar-refractivity contribution in [3.05, 3.63) is 7.43 Å². The van der Waals surface area contributed by atoms with E-state index in [1.807, 2.05) is 0 Å². The van der Waals surface area contributed by atoms with Gasteiger partial charge in [0.2, 0.25) is 0 Å². The van der Waals surface area contributed by atoms with Crippen LogP contribution in [0, 0.1) is 7.43 Å². The van der Waals surface area contributed by atoms with Crippen molar-refractivity contribution in [2.75, 3.05) is 0 Å². The minimum atomic E-state index is 0. The molecule has 8 heavy (non-hydrogen) atoms. The fraction of sp³-hybridized carbons (Fsp3) is 0. The van der Waals surface area contributed by atoms with E-state index in [4.69, 9.17) is 0 Å². The Labute approximate surface area is 112 Å². The zero-order valence-electron chi connectivity index (χ0n) is 3.37. The molecule has 0 nitrogen and oxygen atoms in total. The SMILES string of the molecule is [C].[Cr].[Mn].[Mo].[Ni].[P].[S].[Si]. The number of hydrogen-bond acceptors (Lipinski definition) is 0. The Morgan fingerprint density at radius 1 is 1.00 bits per heavy atom. The molecular weight excluding hydrogens is 365 g/mol. The first-order valence-electron chi connectivity index (χ1n) is 0. The summed E-state index contributed by atoms with van der Waals surface area (Å²) >= 11 is 0. The maximum atomic E-state index is 0. The van der Waals surface area contributed by atoms with E-state index in [1.165, 1.54) is 0 Å². The molecule has 14 radical (unpaired) electrons. The van der Waals surface area contributed by atoms with Gasteiger partial charge in [-0.3, -0.25) is 0 Å². The predicted octanol–water partition coefficient (Wildman–Crippen LogP) is 1.20. The van der Waals surface area contributed by atoms with Gasteiger partial charge in [-0.25, -0.2) is 0 Å². The van der Waals surface area contributed by atoms with Crippen LogP contribution < -0.4 is 0 Å². The molecule has 0 heterocycles. The quantitative estimate of drug-likeness (QED) is 0.448. The van der Waals surface area contributed by atoms with Gasteiger partial charge >= 0.3 is 0 Å². The minimum absolute atomic E-state index is 0. The molecule has 0 saturated heterocycles. The zero-order chi connectivity index (χ0) is 0. The van der Waals surface area contributed by atoms with E-state index in [-0.39, 0.29) is 114 Å². The topological polar surface area (TPSA) is 0 Å². The first kappa shape index (κ1) is 113. The van der Waals surface area contributed by atoms with Crippen molar-refractivity contribution in [3.8, 4) is 0 Å². The van der Waals surface area contributed by atoms with Crippen LogP contribution in [-0.4, -0.2) is 11.0 Å². The van der Waals surface area contributed by atoms with Crippen molar-refractivity contribution in [2.24, 2.45) is 0 Å². The summed E-state index contributed by atoms with van der Waals surface area (Å²) in [7, 11) is 0. The Bertz CT molecular complexity index is 24.0. The van der Waals surface area contributed by atoms with Crippen molar-refractivity contribution in [1.29, 1.82) is 0 Å². The fourth-order valence-corrected chi connectivity index (χ4v) is 0. The molecule has 0 aromatic heterocycles. The van der Waals surface area contributed by atoms with Crippen molar-refractivity contribution in [3.63, 3.8) is 0 Å². The van der Waals surface area contributed by atoms with Crippen LogP contribution in [0.2, 0.25) is 0 Å². The van der Waals surface area contributed by atoms with E-state index in [1.54, 1.807) is 0 Å². The summed E-state index contributed by atoms with van der Waals surface area (Å²) < 4.78 is 0. The number of hydrogen-bond donors (Lipinski definition) is 0. The predicted molar refractivity (Wildman–Crippen MR) is 23.5 cm³/mol. The van der Waals surface area contributed by atoms with Crippen molar-refractivity contribution >= 4 is 34.4 Å². The maximum Gasteiger partial charge on any atom is 0 e. The van der Waals surface area contributed by atoms with E-state index in [2.05, 4.69) is 0 Å². The van der Waals surface area contributed by atoms with Gasteiger partial charge < -0.3 is 0 Å². The first-order valence-corrected chi connectivity index (χ1v) is 0. The molecule has 0 spiro atoms. The molecule has 0 atom stereocenters. The van der Waals surface area contributed by atoms with Crippen LogP contribution in [-0.2, 0) is 72.0 Å². The molecule has 0 fully saturated rings. The smallest absolute Gasteiger partial charge is 0 e. The first-order chi connectivity index (χ1) is 0. The largest absolute Gasteiger partial charge is 0 e. The van der Waals surface area contributed by atoms with Gasteiger partial charge in [-0.2, -0.15) is 0 Å². The van der Waals surface area contributed by atoms with Crippen molar-refractivity contribution in [1.82, 2.24) is 0 Å². The summed E-state index contributed by atoms with van der Waals surface area (Å²) in [4.78, 5) is 0. The molecule has 0 saturated carbocycles. The minimum Gasteiger partial charge on any atom is 0 e. The van der Waals surface area contributed by atoms with Gasteiger partial charge in [0.05, 0.1) is 0 Å². The van der Waals surface area contributed by atoms with Gasteiger partial charge in [0.1, 0.15) is 0 Å². The molecule has 0 aliphatic carbocycles.